The van der Waals surface area contributed by atoms with Gasteiger partial charge in [-0.25, -0.2) is 9.97 Å². The van der Waals surface area contributed by atoms with Gasteiger partial charge in [0, 0.05) is 19.7 Å². The van der Waals surface area contributed by atoms with Crippen LogP contribution in [0.3, 0.4) is 0 Å². The number of aliphatic carboxylic acids is 1. The molecule has 82 valence electrons. The molecule has 15 heavy (non-hydrogen) atoms. The lowest BCUT2D eigenvalue weighted by atomic mass is 10.4. The molecule has 0 aromatic carbocycles. The van der Waals surface area contributed by atoms with Gasteiger partial charge in [-0.3, -0.25) is 4.79 Å². The molecule has 0 spiro atoms. The number of carbonyl (C=O) groups is 1. The van der Waals surface area contributed by atoms with E-state index in [2.05, 4.69) is 25.9 Å². The molecule has 0 saturated carbocycles. The van der Waals surface area contributed by atoms with Crippen LogP contribution in [0.4, 0.5) is 5.82 Å². The van der Waals surface area contributed by atoms with Crippen molar-refractivity contribution in [3.63, 3.8) is 0 Å². The third-order valence-electron chi connectivity index (χ3n) is 1.83. The number of aryl methyl sites for hydroxylation is 1. The molecule has 0 atom stereocenters. The molecule has 1 N–H and O–H groups in total. The molecule has 1 aromatic heterocycles. The molecule has 1 heterocycles. The monoisotopic (exact) mass is 273 g/mol. The van der Waals surface area contributed by atoms with Crippen LogP contribution in [0.1, 0.15) is 12.7 Å². The number of anilines is 1. The first-order valence-corrected chi connectivity index (χ1v) is 5.28. The second-order valence-corrected chi connectivity index (χ2v) is 3.92. The molecule has 0 aliphatic rings. The number of carboxylic acid groups (broad SMARTS) is 1. The molecular formula is C9H12BrN3O2. The number of hydrogen-bond donors (Lipinski definition) is 1. The van der Waals surface area contributed by atoms with Crippen LogP contribution in [0, 0.1) is 0 Å². The van der Waals surface area contributed by atoms with Crippen molar-refractivity contribution in [2.75, 3.05) is 18.5 Å². The summed E-state index contributed by atoms with van der Waals surface area (Å²) in [5.41, 5.74) is 0. The average Bonchev–Trinajstić information content (AvgIpc) is 2.17. The lowest BCUT2D eigenvalue weighted by molar-refractivity contribution is -0.135. The summed E-state index contributed by atoms with van der Waals surface area (Å²) in [4.78, 5) is 20.4. The zero-order valence-electron chi connectivity index (χ0n) is 8.57. The topological polar surface area (TPSA) is 66.3 Å². The van der Waals surface area contributed by atoms with E-state index >= 15 is 0 Å². The molecule has 0 bridgehead atoms. The van der Waals surface area contributed by atoms with Crippen molar-refractivity contribution in [1.82, 2.24) is 9.97 Å². The van der Waals surface area contributed by atoms with Gasteiger partial charge in [-0.15, -0.1) is 0 Å². The minimum Gasteiger partial charge on any atom is -0.480 e. The van der Waals surface area contributed by atoms with Gasteiger partial charge >= 0.3 is 5.97 Å². The molecule has 1 aromatic rings. The molecular weight excluding hydrogens is 262 g/mol. The standard InChI is InChI=1S/C9H12BrN3O2/c1-3-7-11-4-6(10)9(12-7)13(2)5-8(14)15/h4H,3,5H2,1-2H3,(H,14,15). The summed E-state index contributed by atoms with van der Waals surface area (Å²) >= 11 is 3.29. The third kappa shape index (κ3) is 3.16. The highest BCUT2D eigenvalue weighted by Gasteiger charge is 2.11. The number of hydrogen-bond acceptors (Lipinski definition) is 4. The van der Waals surface area contributed by atoms with Gasteiger partial charge in [0.15, 0.2) is 0 Å². The van der Waals surface area contributed by atoms with Crippen LogP contribution >= 0.6 is 15.9 Å². The summed E-state index contributed by atoms with van der Waals surface area (Å²) in [6, 6.07) is 0. The maximum atomic E-state index is 10.5. The van der Waals surface area contributed by atoms with Crippen molar-refractivity contribution >= 4 is 27.7 Å². The summed E-state index contributed by atoms with van der Waals surface area (Å²) in [7, 11) is 1.68. The maximum absolute atomic E-state index is 10.5. The molecule has 5 nitrogen and oxygen atoms in total. The van der Waals surface area contributed by atoms with E-state index in [4.69, 9.17) is 5.11 Å². The van der Waals surface area contributed by atoms with Gasteiger partial charge in [0.1, 0.15) is 18.2 Å². The summed E-state index contributed by atoms with van der Waals surface area (Å²) in [5, 5.41) is 8.66. The first-order valence-electron chi connectivity index (χ1n) is 4.49. The number of likely N-dealkylation sites (N-methyl/N-ethyl adjacent to an activating group) is 1. The first-order chi connectivity index (χ1) is 7.04. The van der Waals surface area contributed by atoms with E-state index in [9.17, 15) is 4.79 Å². The van der Waals surface area contributed by atoms with Gasteiger partial charge < -0.3 is 10.0 Å². The summed E-state index contributed by atoms with van der Waals surface area (Å²) < 4.78 is 0.698. The number of rotatable bonds is 4. The quantitative estimate of drug-likeness (QED) is 0.897. The fraction of sp³-hybridized carbons (Fsp3) is 0.444. The number of nitrogens with zero attached hydrogens (tertiary/aromatic N) is 3. The van der Waals surface area contributed by atoms with Crippen LogP contribution in [0.25, 0.3) is 0 Å². The van der Waals surface area contributed by atoms with Gasteiger partial charge in [-0.05, 0) is 15.9 Å². The van der Waals surface area contributed by atoms with Crippen molar-refractivity contribution in [1.29, 1.82) is 0 Å². The Balaban J connectivity index is 2.95. The van der Waals surface area contributed by atoms with Crippen molar-refractivity contribution in [2.24, 2.45) is 0 Å². The lowest BCUT2D eigenvalue weighted by Crippen LogP contribution is -2.26. The zero-order chi connectivity index (χ0) is 11.4. The average molecular weight is 274 g/mol. The zero-order valence-corrected chi connectivity index (χ0v) is 10.2. The Labute approximate surface area is 96.3 Å². The van der Waals surface area contributed by atoms with E-state index in [0.717, 1.165) is 6.42 Å². The predicted molar refractivity (Wildman–Crippen MR) is 60.0 cm³/mol. The fourth-order valence-corrected chi connectivity index (χ4v) is 1.60. The second-order valence-electron chi connectivity index (χ2n) is 3.06. The molecule has 6 heteroatoms. The highest BCUT2D eigenvalue weighted by Crippen LogP contribution is 2.21. The summed E-state index contributed by atoms with van der Waals surface area (Å²) in [5.74, 6) is 0.413. The van der Waals surface area contributed by atoms with Crippen LogP contribution in [-0.2, 0) is 11.2 Å². The molecule has 0 aliphatic carbocycles. The van der Waals surface area contributed by atoms with Gasteiger partial charge in [0.2, 0.25) is 0 Å². The van der Waals surface area contributed by atoms with E-state index in [1.165, 1.54) is 0 Å². The van der Waals surface area contributed by atoms with Gasteiger partial charge in [-0.2, -0.15) is 0 Å². The Hall–Kier alpha value is -1.17. The minimum absolute atomic E-state index is 0.0846. The Kier molecular flexibility index (Phi) is 4.02. The van der Waals surface area contributed by atoms with Crippen molar-refractivity contribution in [3.8, 4) is 0 Å². The highest BCUT2D eigenvalue weighted by atomic mass is 79.9. The van der Waals surface area contributed by atoms with Crippen LogP contribution < -0.4 is 4.90 Å². The number of aromatic nitrogens is 2. The van der Waals surface area contributed by atoms with Crippen LogP contribution in [0.15, 0.2) is 10.7 Å². The lowest BCUT2D eigenvalue weighted by Gasteiger charge is -2.17. The first kappa shape index (κ1) is 11.9. The van der Waals surface area contributed by atoms with E-state index in [0.29, 0.717) is 16.1 Å². The van der Waals surface area contributed by atoms with E-state index < -0.39 is 5.97 Å². The Morgan fingerprint density at radius 3 is 2.87 bits per heavy atom. The Morgan fingerprint density at radius 1 is 1.67 bits per heavy atom. The smallest absolute Gasteiger partial charge is 0.323 e. The minimum atomic E-state index is -0.888. The Bertz CT molecular complexity index is 370. The van der Waals surface area contributed by atoms with Gasteiger partial charge in [0.25, 0.3) is 0 Å². The number of carboxylic acids is 1. The number of halogens is 1. The fourth-order valence-electron chi connectivity index (χ4n) is 1.11. The summed E-state index contributed by atoms with van der Waals surface area (Å²) in [6.45, 7) is 1.86. The molecule has 1 rings (SSSR count). The Morgan fingerprint density at radius 2 is 2.33 bits per heavy atom. The van der Waals surface area contributed by atoms with Crippen molar-refractivity contribution in [3.05, 3.63) is 16.5 Å². The van der Waals surface area contributed by atoms with Gasteiger partial charge in [0.05, 0.1) is 4.47 Å². The molecule has 0 fully saturated rings. The van der Waals surface area contributed by atoms with E-state index in [-0.39, 0.29) is 6.54 Å². The van der Waals surface area contributed by atoms with Crippen molar-refractivity contribution < 1.29 is 9.90 Å². The molecule has 0 aliphatic heterocycles. The molecule has 0 unspecified atom stereocenters. The van der Waals surface area contributed by atoms with Crippen LogP contribution in [0.5, 0.6) is 0 Å². The van der Waals surface area contributed by atoms with Crippen LogP contribution in [0.2, 0.25) is 0 Å². The highest BCUT2D eigenvalue weighted by molar-refractivity contribution is 9.10. The molecule has 0 amide bonds. The molecule has 0 radical (unpaired) electrons. The van der Waals surface area contributed by atoms with E-state index in [1.807, 2.05) is 6.92 Å². The second kappa shape index (κ2) is 5.06. The van der Waals surface area contributed by atoms with Crippen LogP contribution in [-0.4, -0.2) is 34.6 Å². The predicted octanol–water partition coefficient (Wildman–Crippen LogP) is 1.32. The maximum Gasteiger partial charge on any atom is 0.323 e. The largest absolute Gasteiger partial charge is 0.480 e. The van der Waals surface area contributed by atoms with Crippen molar-refractivity contribution in [2.45, 2.75) is 13.3 Å². The van der Waals surface area contributed by atoms with E-state index in [1.54, 1.807) is 18.1 Å². The van der Waals surface area contributed by atoms with Gasteiger partial charge in [-0.1, -0.05) is 6.92 Å². The third-order valence-corrected chi connectivity index (χ3v) is 2.39. The SMILES string of the molecule is CCc1ncc(Br)c(N(C)CC(=O)O)n1. The normalized spacial score (nSPS) is 10.1. The molecule has 0 saturated heterocycles. The summed E-state index contributed by atoms with van der Waals surface area (Å²) in [6.07, 6.45) is 2.36.